The minimum absolute atomic E-state index is 0.335. The SMILES string of the molecule is Cc1ccc(C=CCCl)cc1C(=O)O. The van der Waals surface area contributed by atoms with Gasteiger partial charge in [-0.25, -0.2) is 4.79 Å². The Morgan fingerprint density at radius 1 is 1.57 bits per heavy atom. The Labute approximate surface area is 87.8 Å². The topological polar surface area (TPSA) is 37.3 Å². The molecule has 1 N–H and O–H groups in total. The monoisotopic (exact) mass is 210 g/mol. The molecule has 0 radical (unpaired) electrons. The lowest BCUT2D eigenvalue weighted by Gasteiger charge is -2.01. The first-order chi connectivity index (χ1) is 6.65. The fraction of sp³-hybridized carbons (Fsp3) is 0.182. The van der Waals surface area contributed by atoms with Gasteiger partial charge in [0.15, 0.2) is 0 Å². The average molecular weight is 211 g/mol. The summed E-state index contributed by atoms with van der Waals surface area (Å²) in [7, 11) is 0. The van der Waals surface area contributed by atoms with Gasteiger partial charge in [-0.1, -0.05) is 24.3 Å². The molecule has 0 aliphatic heterocycles. The second kappa shape index (κ2) is 4.82. The summed E-state index contributed by atoms with van der Waals surface area (Å²) >= 11 is 5.48. The maximum atomic E-state index is 10.8. The first kappa shape index (κ1) is 10.8. The van der Waals surface area contributed by atoms with Crippen LogP contribution in [0.5, 0.6) is 0 Å². The lowest BCUT2D eigenvalue weighted by atomic mass is 10.1. The number of allylic oxidation sites excluding steroid dienone is 1. The normalized spacial score (nSPS) is 10.7. The molecule has 1 aromatic rings. The van der Waals surface area contributed by atoms with Gasteiger partial charge in [-0.15, -0.1) is 11.6 Å². The van der Waals surface area contributed by atoms with Crippen LogP contribution in [0.15, 0.2) is 24.3 Å². The van der Waals surface area contributed by atoms with Crippen LogP contribution in [0.3, 0.4) is 0 Å². The zero-order chi connectivity index (χ0) is 10.6. The molecule has 0 bridgehead atoms. The smallest absolute Gasteiger partial charge is 0.335 e. The fourth-order valence-electron chi connectivity index (χ4n) is 1.15. The molecule has 0 atom stereocenters. The number of carboxylic acid groups (broad SMARTS) is 1. The van der Waals surface area contributed by atoms with Crippen molar-refractivity contribution < 1.29 is 9.90 Å². The van der Waals surface area contributed by atoms with Crippen LogP contribution in [-0.2, 0) is 0 Å². The Kier molecular flexibility index (Phi) is 3.72. The number of carboxylic acids is 1. The predicted octanol–water partition coefficient (Wildman–Crippen LogP) is 2.95. The fourth-order valence-corrected chi connectivity index (χ4v) is 1.24. The van der Waals surface area contributed by atoms with Gasteiger partial charge in [0, 0.05) is 5.88 Å². The quantitative estimate of drug-likeness (QED) is 0.779. The van der Waals surface area contributed by atoms with E-state index in [2.05, 4.69) is 0 Å². The molecule has 0 saturated carbocycles. The molecule has 0 aliphatic rings. The Bertz CT molecular complexity index is 370. The van der Waals surface area contributed by atoms with Crippen LogP contribution in [0.25, 0.3) is 6.08 Å². The molecule has 0 saturated heterocycles. The molecule has 1 rings (SSSR count). The number of alkyl halides is 1. The van der Waals surface area contributed by atoms with Crippen molar-refractivity contribution in [3.05, 3.63) is 41.0 Å². The summed E-state index contributed by atoms with van der Waals surface area (Å²) in [5, 5.41) is 8.87. The van der Waals surface area contributed by atoms with E-state index in [9.17, 15) is 4.79 Å². The second-order valence-electron chi connectivity index (χ2n) is 2.94. The molecular formula is C11H11ClO2. The van der Waals surface area contributed by atoms with Gasteiger partial charge in [0.05, 0.1) is 5.56 Å². The molecule has 0 spiro atoms. The molecule has 0 amide bonds. The molecule has 0 unspecified atom stereocenters. The minimum Gasteiger partial charge on any atom is -0.478 e. The molecule has 3 heteroatoms. The van der Waals surface area contributed by atoms with Gasteiger partial charge in [0.1, 0.15) is 0 Å². The number of benzene rings is 1. The van der Waals surface area contributed by atoms with Crippen LogP contribution >= 0.6 is 11.6 Å². The highest BCUT2D eigenvalue weighted by molar-refractivity contribution is 6.19. The van der Waals surface area contributed by atoms with Crippen LogP contribution in [-0.4, -0.2) is 17.0 Å². The highest BCUT2D eigenvalue weighted by Gasteiger charge is 2.06. The van der Waals surface area contributed by atoms with E-state index in [1.54, 1.807) is 31.2 Å². The van der Waals surface area contributed by atoms with Gasteiger partial charge in [-0.2, -0.15) is 0 Å². The minimum atomic E-state index is -0.899. The molecule has 2 nitrogen and oxygen atoms in total. The maximum absolute atomic E-state index is 10.8. The number of aromatic carboxylic acids is 1. The molecule has 0 aromatic heterocycles. The summed E-state index contributed by atoms with van der Waals surface area (Å²) in [5.41, 5.74) is 1.95. The zero-order valence-electron chi connectivity index (χ0n) is 7.83. The molecule has 14 heavy (non-hydrogen) atoms. The van der Waals surface area contributed by atoms with E-state index < -0.39 is 5.97 Å². The van der Waals surface area contributed by atoms with E-state index >= 15 is 0 Å². The Balaban J connectivity index is 3.06. The second-order valence-corrected chi connectivity index (χ2v) is 3.24. The summed E-state index contributed by atoms with van der Waals surface area (Å²) in [6.07, 6.45) is 3.58. The first-order valence-electron chi connectivity index (χ1n) is 4.21. The zero-order valence-corrected chi connectivity index (χ0v) is 8.58. The Morgan fingerprint density at radius 3 is 2.86 bits per heavy atom. The highest BCUT2D eigenvalue weighted by atomic mass is 35.5. The third-order valence-electron chi connectivity index (χ3n) is 1.89. The van der Waals surface area contributed by atoms with E-state index in [1.807, 2.05) is 6.07 Å². The van der Waals surface area contributed by atoms with Crippen LogP contribution in [0.2, 0.25) is 0 Å². The van der Waals surface area contributed by atoms with Gasteiger partial charge in [-0.3, -0.25) is 0 Å². The molecule has 0 heterocycles. The number of halogens is 1. The van der Waals surface area contributed by atoms with Crippen molar-refractivity contribution in [3.63, 3.8) is 0 Å². The van der Waals surface area contributed by atoms with Crippen LogP contribution in [0.1, 0.15) is 21.5 Å². The van der Waals surface area contributed by atoms with E-state index in [-0.39, 0.29) is 0 Å². The van der Waals surface area contributed by atoms with E-state index in [0.717, 1.165) is 11.1 Å². The first-order valence-corrected chi connectivity index (χ1v) is 4.75. The summed E-state index contributed by atoms with van der Waals surface area (Å²) in [6, 6.07) is 5.29. The van der Waals surface area contributed by atoms with Gasteiger partial charge < -0.3 is 5.11 Å². The van der Waals surface area contributed by atoms with Gasteiger partial charge in [0.2, 0.25) is 0 Å². The highest BCUT2D eigenvalue weighted by Crippen LogP contribution is 2.12. The summed E-state index contributed by atoms with van der Waals surface area (Å²) in [6.45, 7) is 1.78. The molecule has 74 valence electrons. The van der Waals surface area contributed by atoms with Gasteiger partial charge >= 0.3 is 5.97 Å². The predicted molar refractivity (Wildman–Crippen MR) is 57.9 cm³/mol. The number of carbonyl (C=O) groups is 1. The summed E-state index contributed by atoms with van der Waals surface area (Å²) < 4.78 is 0. The van der Waals surface area contributed by atoms with Crippen molar-refractivity contribution in [2.45, 2.75) is 6.92 Å². The van der Waals surface area contributed by atoms with E-state index in [4.69, 9.17) is 16.7 Å². The third kappa shape index (κ3) is 2.60. The van der Waals surface area contributed by atoms with Crippen molar-refractivity contribution >= 4 is 23.6 Å². The molecule has 1 aromatic carbocycles. The van der Waals surface area contributed by atoms with Gasteiger partial charge in [0.25, 0.3) is 0 Å². The lowest BCUT2D eigenvalue weighted by Crippen LogP contribution is -1.99. The Hall–Kier alpha value is -1.28. The Morgan fingerprint density at radius 2 is 2.29 bits per heavy atom. The molecular weight excluding hydrogens is 200 g/mol. The number of rotatable bonds is 3. The molecule has 0 aliphatic carbocycles. The largest absolute Gasteiger partial charge is 0.478 e. The van der Waals surface area contributed by atoms with Gasteiger partial charge in [-0.05, 0) is 24.1 Å². The van der Waals surface area contributed by atoms with E-state index in [0.29, 0.717) is 11.4 Å². The molecule has 0 fully saturated rings. The van der Waals surface area contributed by atoms with Crippen LogP contribution in [0.4, 0.5) is 0 Å². The van der Waals surface area contributed by atoms with Crippen LogP contribution in [0, 0.1) is 6.92 Å². The van der Waals surface area contributed by atoms with Crippen molar-refractivity contribution in [2.24, 2.45) is 0 Å². The summed E-state index contributed by atoms with van der Waals surface area (Å²) in [4.78, 5) is 10.8. The lowest BCUT2D eigenvalue weighted by molar-refractivity contribution is 0.0696. The number of hydrogen-bond donors (Lipinski definition) is 1. The standard InChI is InChI=1S/C11H11ClO2/c1-8-4-5-9(3-2-6-12)7-10(8)11(13)14/h2-5,7H,6H2,1H3,(H,13,14). The van der Waals surface area contributed by atoms with Crippen molar-refractivity contribution in [2.75, 3.05) is 5.88 Å². The maximum Gasteiger partial charge on any atom is 0.335 e. The van der Waals surface area contributed by atoms with Crippen molar-refractivity contribution in [1.29, 1.82) is 0 Å². The van der Waals surface area contributed by atoms with Crippen LogP contribution < -0.4 is 0 Å². The number of hydrogen-bond acceptors (Lipinski definition) is 1. The number of aryl methyl sites for hydroxylation is 1. The summed E-state index contributed by atoms with van der Waals surface area (Å²) in [5.74, 6) is -0.473. The third-order valence-corrected chi connectivity index (χ3v) is 2.07. The van der Waals surface area contributed by atoms with E-state index in [1.165, 1.54) is 0 Å². The van der Waals surface area contributed by atoms with Crippen molar-refractivity contribution in [1.82, 2.24) is 0 Å². The average Bonchev–Trinajstić information content (AvgIpc) is 2.16. The van der Waals surface area contributed by atoms with Crippen molar-refractivity contribution in [3.8, 4) is 0 Å².